The van der Waals surface area contributed by atoms with Gasteiger partial charge in [-0.2, -0.15) is 0 Å². The topological polar surface area (TPSA) is 80.9 Å². The van der Waals surface area contributed by atoms with Crippen molar-refractivity contribution in [1.82, 2.24) is 0 Å². The van der Waals surface area contributed by atoms with E-state index < -0.39 is 0 Å². The van der Waals surface area contributed by atoms with Gasteiger partial charge < -0.3 is 20.4 Å². The third-order valence-electron chi connectivity index (χ3n) is 17.2. The van der Waals surface area contributed by atoms with Crippen molar-refractivity contribution in [2.45, 2.75) is 324 Å². The van der Waals surface area contributed by atoms with Gasteiger partial charge in [0.15, 0.2) is 0 Å². The van der Waals surface area contributed by atoms with Gasteiger partial charge >= 0.3 is 0 Å². The quantitative estimate of drug-likeness (QED) is 0.0499. The van der Waals surface area contributed by atoms with Gasteiger partial charge in [-0.3, -0.25) is 0 Å². The van der Waals surface area contributed by atoms with Crippen molar-refractivity contribution in [3.8, 4) is 23.0 Å². The summed E-state index contributed by atoms with van der Waals surface area (Å²) in [6, 6.07) is 18.2. The summed E-state index contributed by atoms with van der Waals surface area (Å²) in [5, 5.41) is 46.5. The van der Waals surface area contributed by atoms with Crippen molar-refractivity contribution in [3.05, 3.63) is 115 Å². The average molecular weight is 1070 g/mol. The molecule has 0 saturated carbocycles. The molecular weight excluding hydrogens is 953 g/mol. The third-order valence-corrected chi connectivity index (χ3v) is 17.2. The molecule has 438 valence electrons. The predicted octanol–water partition coefficient (Wildman–Crippen LogP) is 21.4. The minimum Gasteiger partial charge on any atom is -0.507 e. The summed E-state index contributed by atoms with van der Waals surface area (Å²) in [6.07, 6.45) is 22.9. The number of aryl methyl sites for hydroxylation is 4. The minimum atomic E-state index is -0.282. The van der Waals surface area contributed by atoms with Crippen molar-refractivity contribution in [2.75, 3.05) is 0 Å². The molecule has 0 atom stereocenters. The zero-order chi connectivity index (χ0) is 59.0. The van der Waals surface area contributed by atoms with Gasteiger partial charge in [0.1, 0.15) is 23.0 Å². The molecule has 0 bridgehead atoms. The van der Waals surface area contributed by atoms with E-state index in [1.165, 1.54) is 92.9 Å². The van der Waals surface area contributed by atoms with E-state index in [2.05, 4.69) is 201 Å². The van der Waals surface area contributed by atoms with E-state index in [-0.39, 0.29) is 43.3 Å². The first-order chi connectivity index (χ1) is 35.7. The van der Waals surface area contributed by atoms with Gasteiger partial charge in [-0.1, -0.05) is 265 Å². The molecule has 78 heavy (non-hydrogen) atoms. The van der Waals surface area contributed by atoms with E-state index >= 15 is 0 Å². The van der Waals surface area contributed by atoms with E-state index in [1.54, 1.807) is 0 Å². The first kappa shape index (κ1) is 66.6. The molecular formula is C74H118O4. The van der Waals surface area contributed by atoms with Crippen LogP contribution in [0.2, 0.25) is 0 Å². The van der Waals surface area contributed by atoms with E-state index in [4.69, 9.17) is 0 Å². The number of benzene rings is 4. The van der Waals surface area contributed by atoms with Crippen LogP contribution in [0.25, 0.3) is 0 Å². The maximum Gasteiger partial charge on any atom is 0.123 e. The third kappa shape index (κ3) is 18.8. The van der Waals surface area contributed by atoms with Crippen molar-refractivity contribution in [3.63, 3.8) is 0 Å². The molecule has 0 aliphatic carbocycles. The normalized spacial score (nSPS) is 13.5. The van der Waals surface area contributed by atoms with Crippen LogP contribution in [-0.2, 0) is 69.0 Å². The number of hydrogen-bond donors (Lipinski definition) is 4. The smallest absolute Gasteiger partial charge is 0.123 e. The fraction of sp³-hybridized carbons (Fsp3) is 0.676. The number of phenols is 4. The summed E-state index contributed by atoms with van der Waals surface area (Å²) in [5.41, 5.74) is 12.4. The summed E-state index contributed by atoms with van der Waals surface area (Å²) < 4.78 is 0. The number of rotatable bonds is 25. The second kappa shape index (κ2) is 26.3. The standard InChI is InChI=1S/C74H118O4/c1-67(2,3)55-43-51(44-56(63(55)75)68(4,5)6)37-33-29-25-23-24-26-30-35-39-53-47-59(71(13,14)15)65(77)61(49-53)73(19,20)41-42-74(21,22)62-50-54(48-60(66(62)78)72(16,17)18)40-36-32-28-27-31-34-38-52-45-57(69(7,8)9)64(76)58(46-52)70(10,11)12/h43-50,75-78H,23-42H2,1-22H3. The Kier molecular flexibility index (Phi) is 22.5. The molecule has 0 heterocycles. The van der Waals surface area contributed by atoms with E-state index in [0.29, 0.717) is 23.0 Å². The molecule has 0 fully saturated rings. The van der Waals surface area contributed by atoms with Gasteiger partial charge in [0.2, 0.25) is 0 Å². The molecule has 4 rings (SSSR count). The Labute approximate surface area is 480 Å². The van der Waals surface area contributed by atoms with Crippen LogP contribution < -0.4 is 0 Å². The molecule has 0 aliphatic heterocycles. The molecule has 0 amide bonds. The summed E-state index contributed by atoms with van der Waals surface area (Å²) in [6.45, 7) is 48.8. The minimum absolute atomic E-state index is 0.0949. The Morgan fingerprint density at radius 2 is 0.359 bits per heavy atom. The molecule has 0 radical (unpaired) electrons. The molecule has 0 spiro atoms. The van der Waals surface area contributed by atoms with Gasteiger partial charge in [-0.25, -0.2) is 0 Å². The number of hydrogen-bond acceptors (Lipinski definition) is 4. The summed E-state index contributed by atoms with van der Waals surface area (Å²) in [4.78, 5) is 0. The number of phenolic OH excluding ortho intramolecular Hbond substituents is 4. The van der Waals surface area contributed by atoms with Gasteiger partial charge in [-0.15, -0.1) is 0 Å². The predicted molar refractivity (Wildman–Crippen MR) is 339 cm³/mol. The van der Waals surface area contributed by atoms with Crippen LogP contribution in [0, 0.1) is 0 Å². The van der Waals surface area contributed by atoms with Crippen molar-refractivity contribution < 1.29 is 20.4 Å². The monoisotopic (exact) mass is 1070 g/mol. The largest absolute Gasteiger partial charge is 0.507 e. The molecule has 4 N–H and O–H groups in total. The fourth-order valence-electron chi connectivity index (χ4n) is 11.8. The molecule has 0 aromatic heterocycles. The SMILES string of the molecule is CC(C)(C)c1cc(CCCCCCCCCCc2cc(C(C)(C)C)c(O)c(C(C)(C)CCC(C)(C)c3cc(CCCCCCCCc4cc(C(C)(C)C)c(O)c(C(C)(C)C)c4)cc(C(C)(C)C)c3O)c2)cc(C(C)(C)C)c1O. The van der Waals surface area contributed by atoms with Gasteiger partial charge in [-0.05, 0) is 163 Å². The van der Waals surface area contributed by atoms with E-state index in [0.717, 1.165) is 102 Å². The average Bonchev–Trinajstić information content (AvgIpc) is 3.29. The van der Waals surface area contributed by atoms with Crippen LogP contribution in [-0.4, -0.2) is 20.4 Å². The van der Waals surface area contributed by atoms with Crippen LogP contribution >= 0.6 is 0 Å². The van der Waals surface area contributed by atoms with E-state index in [9.17, 15) is 20.4 Å². The fourth-order valence-corrected chi connectivity index (χ4v) is 11.8. The van der Waals surface area contributed by atoms with Gasteiger partial charge in [0.05, 0.1) is 0 Å². The molecule has 4 heteroatoms. The Morgan fingerprint density at radius 1 is 0.218 bits per heavy atom. The second-order valence-corrected chi connectivity index (χ2v) is 31.9. The molecule has 0 saturated heterocycles. The highest BCUT2D eigenvalue weighted by molar-refractivity contribution is 5.54. The lowest BCUT2D eigenvalue weighted by Gasteiger charge is -2.35. The number of aromatic hydroxyl groups is 4. The highest BCUT2D eigenvalue weighted by Crippen LogP contribution is 2.48. The molecule has 4 aromatic carbocycles. The summed E-state index contributed by atoms with van der Waals surface area (Å²) >= 11 is 0. The lowest BCUT2D eigenvalue weighted by Crippen LogP contribution is -2.26. The van der Waals surface area contributed by atoms with Crippen molar-refractivity contribution in [2.24, 2.45) is 0 Å². The molecule has 4 aromatic rings. The zero-order valence-corrected chi connectivity index (χ0v) is 54.5. The van der Waals surface area contributed by atoms with Crippen LogP contribution in [0.5, 0.6) is 23.0 Å². The Bertz CT molecular complexity index is 2490. The Balaban J connectivity index is 1.33. The molecule has 0 unspecified atom stereocenters. The first-order valence-corrected chi connectivity index (χ1v) is 31.1. The first-order valence-electron chi connectivity index (χ1n) is 31.1. The zero-order valence-electron chi connectivity index (χ0n) is 54.5. The number of unbranched alkanes of at least 4 members (excludes halogenated alkanes) is 12. The lowest BCUT2D eigenvalue weighted by molar-refractivity contribution is 0.345. The second-order valence-electron chi connectivity index (χ2n) is 31.9. The lowest BCUT2D eigenvalue weighted by atomic mass is 9.69. The highest BCUT2D eigenvalue weighted by atomic mass is 16.3. The molecule has 4 nitrogen and oxygen atoms in total. The highest BCUT2D eigenvalue weighted by Gasteiger charge is 2.35. The summed E-state index contributed by atoms with van der Waals surface area (Å²) in [5.74, 6) is 1.84. The van der Waals surface area contributed by atoms with Crippen molar-refractivity contribution in [1.29, 1.82) is 0 Å². The van der Waals surface area contributed by atoms with Crippen LogP contribution in [0.3, 0.4) is 0 Å². The van der Waals surface area contributed by atoms with Crippen LogP contribution in [0.1, 0.15) is 322 Å². The molecule has 0 aliphatic rings. The summed E-state index contributed by atoms with van der Waals surface area (Å²) in [7, 11) is 0. The van der Waals surface area contributed by atoms with Gasteiger partial charge in [0.25, 0.3) is 0 Å². The van der Waals surface area contributed by atoms with Crippen LogP contribution in [0.15, 0.2) is 48.5 Å². The van der Waals surface area contributed by atoms with E-state index in [1.807, 2.05) is 0 Å². The Hall–Kier alpha value is -3.92. The maximum absolute atomic E-state index is 12.1. The van der Waals surface area contributed by atoms with Crippen molar-refractivity contribution >= 4 is 0 Å². The van der Waals surface area contributed by atoms with Gasteiger partial charge in [0, 0.05) is 11.1 Å². The Morgan fingerprint density at radius 3 is 0.526 bits per heavy atom. The van der Waals surface area contributed by atoms with Crippen LogP contribution in [0.4, 0.5) is 0 Å². The maximum atomic E-state index is 12.1.